The van der Waals surface area contributed by atoms with Gasteiger partial charge in [-0.1, -0.05) is 17.7 Å². The van der Waals surface area contributed by atoms with Gasteiger partial charge in [0, 0.05) is 23.0 Å². The molecular formula is C16H10ClFN2O4S. The van der Waals surface area contributed by atoms with Gasteiger partial charge in [-0.15, -0.1) is 0 Å². The Morgan fingerprint density at radius 2 is 1.72 bits per heavy atom. The number of aromatic nitrogens is 2. The van der Waals surface area contributed by atoms with E-state index in [1.165, 1.54) is 36.4 Å². The highest BCUT2D eigenvalue weighted by molar-refractivity contribution is 7.90. The summed E-state index contributed by atoms with van der Waals surface area (Å²) < 4.78 is 39.3. The van der Waals surface area contributed by atoms with Gasteiger partial charge in [0.2, 0.25) is 0 Å². The van der Waals surface area contributed by atoms with Crippen LogP contribution in [0.1, 0.15) is 10.4 Å². The average Bonchev–Trinajstić information content (AvgIpc) is 2.97. The zero-order valence-electron chi connectivity index (χ0n) is 12.5. The SMILES string of the molecule is O=C(c1cccc(F)c1)n1ccn(S(=O)(=O)c2ccc(Cl)cc2)c1=O. The zero-order chi connectivity index (χ0) is 18.2. The minimum absolute atomic E-state index is 0.0799. The molecular weight excluding hydrogens is 371 g/mol. The first-order valence-corrected chi connectivity index (χ1v) is 8.74. The minimum Gasteiger partial charge on any atom is -0.268 e. The van der Waals surface area contributed by atoms with E-state index in [1.807, 2.05) is 0 Å². The van der Waals surface area contributed by atoms with Gasteiger partial charge in [-0.2, -0.15) is 3.97 Å². The molecule has 3 aromatic rings. The van der Waals surface area contributed by atoms with E-state index in [9.17, 15) is 22.4 Å². The van der Waals surface area contributed by atoms with Crippen LogP contribution >= 0.6 is 11.6 Å². The van der Waals surface area contributed by atoms with Gasteiger partial charge in [-0.25, -0.2) is 22.2 Å². The lowest BCUT2D eigenvalue weighted by atomic mass is 10.2. The lowest BCUT2D eigenvalue weighted by molar-refractivity contribution is 0.0955. The summed E-state index contributed by atoms with van der Waals surface area (Å²) in [5.74, 6) is -1.48. The second kappa shape index (κ2) is 6.30. The summed E-state index contributed by atoms with van der Waals surface area (Å²) in [6.45, 7) is 0. The van der Waals surface area contributed by atoms with Crippen molar-refractivity contribution in [1.82, 2.24) is 8.54 Å². The van der Waals surface area contributed by atoms with E-state index < -0.39 is 27.4 Å². The van der Waals surface area contributed by atoms with Gasteiger partial charge in [-0.05, 0) is 42.5 Å². The van der Waals surface area contributed by atoms with Crippen molar-refractivity contribution in [3.63, 3.8) is 0 Å². The van der Waals surface area contributed by atoms with E-state index >= 15 is 0 Å². The predicted molar refractivity (Wildman–Crippen MR) is 88.9 cm³/mol. The van der Waals surface area contributed by atoms with Gasteiger partial charge in [0.15, 0.2) is 0 Å². The van der Waals surface area contributed by atoms with Gasteiger partial charge in [-0.3, -0.25) is 4.79 Å². The van der Waals surface area contributed by atoms with Gasteiger partial charge < -0.3 is 0 Å². The first-order chi connectivity index (χ1) is 11.8. The summed E-state index contributed by atoms with van der Waals surface area (Å²) in [7, 11) is -4.19. The average molecular weight is 381 g/mol. The third-order valence-corrected chi connectivity index (χ3v) is 5.32. The molecule has 0 fully saturated rings. The standard InChI is InChI=1S/C16H10ClFN2O4S/c17-12-4-6-14(7-5-12)25(23,24)20-9-8-19(16(20)22)15(21)11-2-1-3-13(18)10-11/h1-10H. The molecule has 0 atom stereocenters. The van der Waals surface area contributed by atoms with Crippen molar-refractivity contribution in [3.05, 3.63) is 87.8 Å². The quantitative estimate of drug-likeness (QED) is 0.698. The van der Waals surface area contributed by atoms with E-state index in [0.717, 1.165) is 24.5 Å². The van der Waals surface area contributed by atoms with Crippen LogP contribution in [0.5, 0.6) is 0 Å². The zero-order valence-corrected chi connectivity index (χ0v) is 14.0. The third-order valence-electron chi connectivity index (χ3n) is 3.41. The highest BCUT2D eigenvalue weighted by Gasteiger charge is 2.23. The number of rotatable bonds is 3. The van der Waals surface area contributed by atoms with Crippen LogP contribution in [-0.4, -0.2) is 22.9 Å². The summed E-state index contributed by atoms with van der Waals surface area (Å²) in [4.78, 5) is 24.5. The molecule has 25 heavy (non-hydrogen) atoms. The molecule has 2 aromatic carbocycles. The first-order valence-electron chi connectivity index (χ1n) is 6.92. The maximum Gasteiger partial charge on any atom is 0.349 e. The van der Waals surface area contributed by atoms with Gasteiger partial charge in [0.1, 0.15) is 5.82 Å². The molecule has 0 bridgehead atoms. The number of imidazole rings is 1. The van der Waals surface area contributed by atoms with Crippen LogP contribution in [0, 0.1) is 5.82 Å². The van der Waals surface area contributed by atoms with Crippen molar-refractivity contribution >= 4 is 27.5 Å². The summed E-state index contributed by atoms with van der Waals surface area (Å²) in [5, 5.41) is 0.338. The summed E-state index contributed by atoms with van der Waals surface area (Å²) in [6.07, 6.45) is 1.98. The van der Waals surface area contributed by atoms with Crippen LogP contribution in [0.15, 0.2) is 70.6 Å². The predicted octanol–water partition coefficient (Wildman–Crippen LogP) is 2.37. The lowest BCUT2D eigenvalue weighted by Gasteiger charge is -2.04. The second-order valence-electron chi connectivity index (χ2n) is 5.02. The molecule has 0 saturated carbocycles. The molecule has 128 valence electrons. The molecule has 0 N–H and O–H groups in total. The van der Waals surface area contributed by atoms with Crippen LogP contribution in [0.2, 0.25) is 5.02 Å². The number of halogens is 2. The second-order valence-corrected chi connectivity index (χ2v) is 7.27. The molecule has 0 saturated heterocycles. The molecule has 1 heterocycles. The molecule has 0 amide bonds. The van der Waals surface area contributed by atoms with Crippen LogP contribution < -0.4 is 5.69 Å². The number of hydrogen-bond donors (Lipinski definition) is 0. The molecule has 3 rings (SSSR count). The maximum atomic E-state index is 13.2. The van der Waals surface area contributed by atoms with E-state index in [4.69, 9.17) is 11.6 Å². The van der Waals surface area contributed by atoms with E-state index in [0.29, 0.717) is 13.6 Å². The smallest absolute Gasteiger partial charge is 0.268 e. The van der Waals surface area contributed by atoms with Gasteiger partial charge in [0.25, 0.3) is 15.9 Å². The molecule has 6 nitrogen and oxygen atoms in total. The Morgan fingerprint density at radius 3 is 2.36 bits per heavy atom. The van der Waals surface area contributed by atoms with E-state index in [2.05, 4.69) is 0 Å². The molecule has 9 heteroatoms. The Balaban J connectivity index is 2.06. The molecule has 0 unspecified atom stereocenters. The Kier molecular flexibility index (Phi) is 4.32. The van der Waals surface area contributed by atoms with Crippen LogP contribution in [0.3, 0.4) is 0 Å². The topological polar surface area (TPSA) is 78.1 Å². The Morgan fingerprint density at radius 1 is 1.04 bits per heavy atom. The third kappa shape index (κ3) is 3.13. The van der Waals surface area contributed by atoms with Crippen molar-refractivity contribution in [2.45, 2.75) is 4.90 Å². The Bertz CT molecular complexity index is 1120. The highest BCUT2D eigenvalue weighted by Crippen LogP contribution is 2.16. The van der Waals surface area contributed by atoms with Crippen LogP contribution in [0.25, 0.3) is 0 Å². The first kappa shape index (κ1) is 17.1. The number of benzene rings is 2. The maximum absolute atomic E-state index is 13.2. The molecule has 0 radical (unpaired) electrons. The fourth-order valence-corrected chi connectivity index (χ4v) is 3.52. The Hall–Kier alpha value is -2.71. The molecule has 0 spiro atoms. The van der Waals surface area contributed by atoms with Crippen molar-refractivity contribution in [2.24, 2.45) is 0 Å². The van der Waals surface area contributed by atoms with E-state index in [1.54, 1.807) is 0 Å². The number of nitrogens with zero attached hydrogens (tertiary/aromatic N) is 2. The van der Waals surface area contributed by atoms with Crippen molar-refractivity contribution in [3.8, 4) is 0 Å². The molecule has 0 aliphatic heterocycles. The number of hydrogen-bond acceptors (Lipinski definition) is 4. The molecule has 1 aromatic heterocycles. The van der Waals surface area contributed by atoms with Gasteiger partial charge >= 0.3 is 5.69 Å². The summed E-state index contributed by atoms with van der Waals surface area (Å²) in [5.41, 5.74) is -1.16. The normalized spacial score (nSPS) is 11.4. The monoisotopic (exact) mass is 380 g/mol. The molecule has 0 aliphatic carbocycles. The highest BCUT2D eigenvalue weighted by atomic mass is 35.5. The number of carbonyl (C=O) groups excluding carboxylic acids is 1. The van der Waals surface area contributed by atoms with Crippen molar-refractivity contribution < 1.29 is 17.6 Å². The minimum atomic E-state index is -4.19. The Labute approximate surface area is 146 Å². The van der Waals surface area contributed by atoms with Gasteiger partial charge in [0.05, 0.1) is 4.90 Å². The fourth-order valence-electron chi connectivity index (χ4n) is 2.18. The fraction of sp³-hybridized carbons (Fsp3) is 0. The number of carbonyl (C=O) groups is 1. The van der Waals surface area contributed by atoms with Crippen LogP contribution in [0.4, 0.5) is 4.39 Å². The van der Waals surface area contributed by atoms with Crippen molar-refractivity contribution in [1.29, 1.82) is 0 Å². The molecule has 0 aliphatic rings. The summed E-state index contributed by atoms with van der Waals surface area (Å²) >= 11 is 5.72. The largest absolute Gasteiger partial charge is 0.349 e. The summed E-state index contributed by atoms with van der Waals surface area (Å²) in [6, 6.07) is 9.97. The van der Waals surface area contributed by atoms with Crippen molar-refractivity contribution in [2.75, 3.05) is 0 Å². The lowest BCUT2D eigenvalue weighted by Crippen LogP contribution is -2.32. The van der Waals surface area contributed by atoms with Crippen LogP contribution in [-0.2, 0) is 10.0 Å². The van der Waals surface area contributed by atoms with E-state index in [-0.39, 0.29) is 10.5 Å².